The van der Waals surface area contributed by atoms with E-state index < -0.39 is 11.7 Å². The number of piperidine rings is 1. The number of alkyl halides is 3. The van der Waals surface area contributed by atoms with Gasteiger partial charge in [0.2, 0.25) is 5.95 Å². The average molecular weight is 506 g/mol. The highest BCUT2D eigenvalue weighted by molar-refractivity contribution is 5.82. The van der Waals surface area contributed by atoms with Crippen LogP contribution in [-0.4, -0.2) is 27.6 Å². The number of rotatable bonds is 6. The number of pyridine rings is 1. The Labute approximate surface area is 215 Å². The van der Waals surface area contributed by atoms with Crippen molar-refractivity contribution >= 4 is 11.8 Å². The fourth-order valence-electron chi connectivity index (χ4n) is 4.94. The molecule has 1 atom stereocenters. The lowest BCUT2D eigenvalue weighted by Gasteiger charge is -2.27. The number of imidazole rings is 1. The monoisotopic (exact) mass is 505 g/mol. The lowest BCUT2D eigenvalue weighted by atomic mass is 10.0. The zero-order chi connectivity index (χ0) is 26.0. The third-order valence-electron chi connectivity index (χ3n) is 6.87. The third kappa shape index (κ3) is 5.33. The lowest BCUT2D eigenvalue weighted by Crippen LogP contribution is -2.31. The average Bonchev–Trinajstić information content (AvgIpc) is 3.26. The van der Waals surface area contributed by atoms with Gasteiger partial charge in [0, 0.05) is 43.5 Å². The number of hydrogen-bond donors (Lipinski definition) is 1. The minimum Gasteiger partial charge on any atom is -0.364 e. The second-order valence-electron chi connectivity index (χ2n) is 9.50. The first-order valence-corrected chi connectivity index (χ1v) is 12.6. The zero-order valence-corrected chi connectivity index (χ0v) is 21.0. The second-order valence-corrected chi connectivity index (χ2v) is 9.50. The van der Waals surface area contributed by atoms with E-state index in [1.807, 2.05) is 41.9 Å². The summed E-state index contributed by atoms with van der Waals surface area (Å²) in [5.41, 5.74) is 3.01. The molecule has 0 unspecified atom stereocenters. The van der Waals surface area contributed by atoms with E-state index in [1.54, 1.807) is 12.3 Å². The number of nitrogens with one attached hydrogen (secondary N) is 1. The van der Waals surface area contributed by atoms with E-state index in [2.05, 4.69) is 34.3 Å². The lowest BCUT2D eigenvalue weighted by molar-refractivity contribution is -0.137. The van der Waals surface area contributed by atoms with Crippen molar-refractivity contribution in [3.63, 3.8) is 0 Å². The molecule has 1 aliphatic rings. The van der Waals surface area contributed by atoms with Gasteiger partial charge in [-0.2, -0.15) is 13.2 Å². The van der Waals surface area contributed by atoms with Gasteiger partial charge in [0.05, 0.1) is 17.0 Å². The third-order valence-corrected chi connectivity index (χ3v) is 6.87. The summed E-state index contributed by atoms with van der Waals surface area (Å²) >= 11 is 0. The minimum absolute atomic E-state index is 0.0299. The van der Waals surface area contributed by atoms with Crippen molar-refractivity contribution in [2.45, 2.75) is 38.4 Å². The Morgan fingerprint density at radius 2 is 1.65 bits per heavy atom. The summed E-state index contributed by atoms with van der Waals surface area (Å²) in [6.45, 7) is 3.82. The molecule has 2 aromatic carbocycles. The van der Waals surface area contributed by atoms with E-state index in [0.29, 0.717) is 17.1 Å². The van der Waals surface area contributed by atoms with E-state index in [-0.39, 0.29) is 6.04 Å². The highest BCUT2D eigenvalue weighted by Crippen LogP contribution is 2.39. The Balaban J connectivity index is 1.58. The van der Waals surface area contributed by atoms with Crippen LogP contribution in [0.5, 0.6) is 0 Å². The van der Waals surface area contributed by atoms with E-state index in [1.165, 1.54) is 18.6 Å². The molecule has 0 amide bonds. The molecule has 1 aliphatic heterocycles. The zero-order valence-electron chi connectivity index (χ0n) is 21.0. The Hall–Kier alpha value is -3.81. The molecule has 1 N–H and O–H groups in total. The summed E-state index contributed by atoms with van der Waals surface area (Å²) in [5.74, 6) is 1.45. The van der Waals surface area contributed by atoms with Crippen LogP contribution in [-0.2, 0) is 13.2 Å². The predicted molar refractivity (Wildman–Crippen MR) is 141 cm³/mol. The molecule has 0 aliphatic carbocycles. The summed E-state index contributed by atoms with van der Waals surface area (Å²) in [7, 11) is 1.93. The van der Waals surface area contributed by atoms with Crippen molar-refractivity contribution in [1.82, 2.24) is 14.5 Å². The molecule has 0 spiro atoms. The van der Waals surface area contributed by atoms with Crippen LogP contribution in [0.1, 0.15) is 43.4 Å². The van der Waals surface area contributed by atoms with Crippen LogP contribution in [0.4, 0.5) is 24.9 Å². The van der Waals surface area contributed by atoms with Crippen molar-refractivity contribution < 1.29 is 13.2 Å². The van der Waals surface area contributed by atoms with Gasteiger partial charge in [0.25, 0.3) is 0 Å². The molecule has 0 radical (unpaired) electrons. The van der Waals surface area contributed by atoms with Crippen LogP contribution in [0, 0.1) is 0 Å². The van der Waals surface area contributed by atoms with Gasteiger partial charge in [-0.25, -0.2) is 9.97 Å². The fourth-order valence-corrected chi connectivity index (χ4v) is 4.94. The topological polar surface area (TPSA) is 46.0 Å². The van der Waals surface area contributed by atoms with Gasteiger partial charge in [-0.3, -0.25) is 0 Å². The highest BCUT2D eigenvalue weighted by Gasteiger charge is 2.31. The molecule has 1 saturated heterocycles. The molecule has 5 nitrogen and oxygen atoms in total. The van der Waals surface area contributed by atoms with Crippen LogP contribution >= 0.6 is 0 Å². The van der Waals surface area contributed by atoms with Gasteiger partial charge in [0.1, 0.15) is 5.82 Å². The van der Waals surface area contributed by atoms with E-state index >= 15 is 0 Å². The van der Waals surface area contributed by atoms with Crippen LogP contribution in [0.2, 0.25) is 0 Å². The molecule has 3 heterocycles. The van der Waals surface area contributed by atoms with Crippen LogP contribution in [0.15, 0.2) is 72.9 Å². The Bertz CT molecular complexity index is 1360. The number of hydrogen-bond acceptors (Lipinski definition) is 4. The predicted octanol–water partition coefficient (Wildman–Crippen LogP) is 7.33. The van der Waals surface area contributed by atoms with Gasteiger partial charge < -0.3 is 14.8 Å². The van der Waals surface area contributed by atoms with Crippen molar-refractivity contribution in [2.24, 2.45) is 7.05 Å². The Morgan fingerprint density at radius 1 is 0.892 bits per heavy atom. The molecule has 37 heavy (non-hydrogen) atoms. The number of benzene rings is 2. The summed E-state index contributed by atoms with van der Waals surface area (Å²) in [4.78, 5) is 11.7. The summed E-state index contributed by atoms with van der Waals surface area (Å²) < 4.78 is 42.6. The number of aromatic nitrogens is 3. The molecule has 2 aromatic heterocycles. The first-order valence-electron chi connectivity index (χ1n) is 12.6. The van der Waals surface area contributed by atoms with Crippen molar-refractivity contribution in [1.29, 1.82) is 0 Å². The first kappa shape index (κ1) is 24.9. The standard InChI is InChI=1S/C29H30F3N5/c1-20(21-10-5-3-6-11-21)34-25-19-23(14-15-33-25)27-26(22-12-9-13-24(18-22)29(30,31)32)35-28(36(27)2)37-16-7-4-8-17-37/h3,5-6,9-15,18-20H,4,7-8,16-17H2,1-2H3,(H,33,34)/t20-/m0/s1. The number of nitrogens with zero attached hydrogens (tertiary/aromatic N) is 4. The van der Waals surface area contributed by atoms with Gasteiger partial charge >= 0.3 is 6.18 Å². The van der Waals surface area contributed by atoms with Crippen molar-refractivity contribution in [2.75, 3.05) is 23.3 Å². The molecular formula is C29H30F3N5. The van der Waals surface area contributed by atoms with Gasteiger partial charge in [-0.1, -0.05) is 42.5 Å². The summed E-state index contributed by atoms with van der Waals surface area (Å²) in [5, 5.41) is 3.45. The van der Waals surface area contributed by atoms with Crippen LogP contribution in [0.3, 0.4) is 0 Å². The molecule has 0 saturated carbocycles. The molecule has 192 valence electrons. The maximum absolute atomic E-state index is 13.5. The summed E-state index contributed by atoms with van der Waals surface area (Å²) in [6, 6.07) is 19.3. The molecule has 1 fully saturated rings. The summed E-state index contributed by atoms with van der Waals surface area (Å²) in [6.07, 6.45) is 0.609. The van der Waals surface area contributed by atoms with E-state index in [4.69, 9.17) is 4.98 Å². The maximum atomic E-state index is 13.5. The second kappa shape index (κ2) is 10.3. The molecular weight excluding hydrogens is 475 g/mol. The van der Waals surface area contributed by atoms with Crippen LogP contribution in [0.25, 0.3) is 22.5 Å². The minimum atomic E-state index is -4.43. The van der Waals surface area contributed by atoms with E-state index in [9.17, 15) is 13.2 Å². The quantitative estimate of drug-likeness (QED) is 0.298. The first-order chi connectivity index (χ1) is 17.8. The van der Waals surface area contributed by atoms with Crippen molar-refractivity contribution in [3.05, 3.63) is 84.1 Å². The van der Waals surface area contributed by atoms with Gasteiger partial charge in [-0.15, -0.1) is 0 Å². The molecule has 0 bridgehead atoms. The Kier molecular flexibility index (Phi) is 6.91. The largest absolute Gasteiger partial charge is 0.416 e. The molecule has 5 rings (SSSR count). The maximum Gasteiger partial charge on any atom is 0.416 e. The number of halogens is 3. The Morgan fingerprint density at radius 3 is 2.38 bits per heavy atom. The van der Waals surface area contributed by atoms with Gasteiger partial charge in [-0.05, 0) is 56.0 Å². The molecule has 8 heteroatoms. The van der Waals surface area contributed by atoms with Crippen LogP contribution < -0.4 is 10.2 Å². The van der Waals surface area contributed by atoms with Gasteiger partial charge in [0.15, 0.2) is 0 Å². The molecule has 4 aromatic rings. The van der Waals surface area contributed by atoms with Crippen molar-refractivity contribution in [3.8, 4) is 22.5 Å². The normalized spacial score (nSPS) is 15.0. The number of anilines is 2. The smallest absolute Gasteiger partial charge is 0.364 e. The SMILES string of the molecule is C[C@H](Nc1cc(-c2c(-c3cccc(C(F)(F)F)c3)nc(N3CCCCC3)n2C)ccn1)c1ccccc1. The van der Waals surface area contributed by atoms with E-state index in [0.717, 1.165) is 54.8 Å². The fraction of sp³-hybridized carbons (Fsp3) is 0.310. The highest BCUT2D eigenvalue weighted by atomic mass is 19.4.